The summed E-state index contributed by atoms with van der Waals surface area (Å²) >= 11 is 0. The second-order valence-electron chi connectivity index (χ2n) is 7.49. The lowest BCUT2D eigenvalue weighted by Crippen LogP contribution is -2.49. The number of carbonyl (C=O) groups excluding carboxylic acids is 2. The van der Waals surface area contributed by atoms with Gasteiger partial charge in [-0.15, -0.1) is 0 Å². The molecule has 8 heteroatoms. The summed E-state index contributed by atoms with van der Waals surface area (Å²) in [6.07, 6.45) is 6.07. The number of fused-ring (bicyclic) bond motifs is 1. The zero-order valence-electron chi connectivity index (χ0n) is 16.2. The third kappa shape index (κ3) is 4.54. The number of nitrogens with zero attached hydrogens (tertiary/aromatic N) is 1. The number of hydrogen-bond acceptors (Lipinski definition) is 6. The number of likely N-dealkylation sites (tertiary alicyclic amines) is 1. The molecular formula is C21H26N2O6. The van der Waals surface area contributed by atoms with Gasteiger partial charge in [-0.3, -0.25) is 9.59 Å². The Bertz CT molecular complexity index is 789. The normalized spacial score (nSPS) is 25.7. The molecular weight excluding hydrogens is 376 g/mol. The van der Waals surface area contributed by atoms with Crippen molar-refractivity contribution < 1.29 is 28.9 Å². The van der Waals surface area contributed by atoms with Crippen LogP contribution < -0.4 is 14.8 Å². The van der Waals surface area contributed by atoms with Gasteiger partial charge in [0.2, 0.25) is 12.7 Å². The van der Waals surface area contributed by atoms with Crippen molar-refractivity contribution in [2.45, 2.75) is 43.9 Å². The Morgan fingerprint density at radius 3 is 2.69 bits per heavy atom. The smallest absolute Gasteiger partial charge is 0.251 e. The van der Waals surface area contributed by atoms with Gasteiger partial charge in [0.1, 0.15) is 6.10 Å². The fourth-order valence-corrected chi connectivity index (χ4v) is 3.85. The van der Waals surface area contributed by atoms with Crippen LogP contribution in [0.5, 0.6) is 11.5 Å². The molecule has 1 saturated heterocycles. The predicted molar refractivity (Wildman–Crippen MR) is 104 cm³/mol. The molecule has 2 amide bonds. The van der Waals surface area contributed by atoms with Crippen LogP contribution in [0.2, 0.25) is 0 Å². The first-order valence-electron chi connectivity index (χ1n) is 10.1. The molecule has 4 rings (SSSR count). The third-order valence-electron chi connectivity index (χ3n) is 5.48. The minimum Gasteiger partial charge on any atom is -0.454 e. The fourth-order valence-electron chi connectivity index (χ4n) is 3.85. The molecule has 3 atom stereocenters. The van der Waals surface area contributed by atoms with Gasteiger partial charge in [-0.2, -0.15) is 0 Å². The molecule has 0 saturated carbocycles. The Morgan fingerprint density at radius 1 is 1.10 bits per heavy atom. The van der Waals surface area contributed by atoms with Gasteiger partial charge in [0.05, 0.1) is 25.2 Å². The second-order valence-corrected chi connectivity index (χ2v) is 7.49. The molecule has 2 N–H and O–H groups in total. The molecule has 156 valence electrons. The Hall–Kier alpha value is -2.58. The van der Waals surface area contributed by atoms with Crippen molar-refractivity contribution in [3.63, 3.8) is 0 Å². The summed E-state index contributed by atoms with van der Waals surface area (Å²) in [5, 5.41) is 12.6. The van der Waals surface area contributed by atoms with E-state index in [1.54, 1.807) is 30.4 Å². The van der Waals surface area contributed by atoms with Crippen molar-refractivity contribution in [3.8, 4) is 11.5 Å². The standard InChI is InChI=1S/C21H26N2O6/c24-12-19-16(22-21(26)14-4-7-17-18(10-14)28-13-27-17)6-5-15(29-19)11-20(25)23-8-2-1-3-9-23/h4-7,10,15-16,19,24H,1-3,8-9,11-13H2,(H,22,26)/t15-,16+,19+/m0/s1. The molecule has 0 aliphatic carbocycles. The van der Waals surface area contributed by atoms with E-state index in [1.807, 2.05) is 4.90 Å². The van der Waals surface area contributed by atoms with Crippen LogP contribution in [0.1, 0.15) is 36.0 Å². The summed E-state index contributed by atoms with van der Waals surface area (Å²) in [4.78, 5) is 26.9. The molecule has 0 spiro atoms. The molecule has 0 bridgehead atoms. The minimum absolute atomic E-state index is 0.0684. The van der Waals surface area contributed by atoms with Gasteiger partial charge >= 0.3 is 0 Å². The predicted octanol–water partition coefficient (Wildman–Crippen LogP) is 1.23. The first kappa shape index (κ1) is 19.7. The Morgan fingerprint density at radius 2 is 1.90 bits per heavy atom. The highest BCUT2D eigenvalue weighted by Crippen LogP contribution is 2.32. The molecule has 29 heavy (non-hydrogen) atoms. The number of nitrogens with one attached hydrogen (secondary N) is 1. The van der Waals surface area contributed by atoms with Crippen LogP contribution in [0.25, 0.3) is 0 Å². The number of amides is 2. The van der Waals surface area contributed by atoms with Gasteiger partial charge in [0.25, 0.3) is 5.91 Å². The maximum Gasteiger partial charge on any atom is 0.251 e. The van der Waals surface area contributed by atoms with Crippen molar-refractivity contribution in [3.05, 3.63) is 35.9 Å². The average molecular weight is 402 g/mol. The van der Waals surface area contributed by atoms with Crippen LogP contribution >= 0.6 is 0 Å². The average Bonchev–Trinajstić information content (AvgIpc) is 3.23. The maximum absolute atomic E-state index is 12.6. The highest BCUT2D eigenvalue weighted by Gasteiger charge is 2.30. The lowest BCUT2D eigenvalue weighted by molar-refractivity contribution is -0.136. The molecule has 0 unspecified atom stereocenters. The van der Waals surface area contributed by atoms with Gasteiger partial charge in [-0.25, -0.2) is 0 Å². The summed E-state index contributed by atoms with van der Waals surface area (Å²) < 4.78 is 16.4. The van der Waals surface area contributed by atoms with E-state index in [9.17, 15) is 14.7 Å². The Balaban J connectivity index is 1.36. The number of aliphatic hydroxyl groups excluding tert-OH is 1. The van der Waals surface area contributed by atoms with Gasteiger partial charge in [0, 0.05) is 18.7 Å². The molecule has 0 radical (unpaired) electrons. The highest BCUT2D eigenvalue weighted by atomic mass is 16.7. The van der Waals surface area contributed by atoms with Crippen LogP contribution in [0.15, 0.2) is 30.4 Å². The van der Waals surface area contributed by atoms with Gasteiger partial charge in [-0.05, 0) is 37.5 Å². The van der Waals surface area contributed by atoms with Gasteiger partial charge < -0.3 is 29.5 Å². The number of aliphatic hydroxyl groups is 1. The molecule has 3 aliphatic rings. The van der Waals surface area contributed by atoms with Crippen molar-refractivity contribution in [2.24, 2.45) is 0 Å². The first-order valence-corrected chi connectivity index (χ1v) is 10.1. The van der Waals surface area contributed by atoms with Crippen LogP contribution in [0.3, 0.4) is 0 Å². The van der Waals surface area contributed by atoms with E-state index >= 15 is 0 Å². The zero-order valence-corrected chi connectivity index (χ0v) is 16.2. The Labute approximate surface area is 169 Å². The van der Waals surface area contributed by atoms with E-state index in [0.717, 1.165) is 25.9 Å². The second kappa shape index (κ2) is 8.84. The topological polar surface area (TPSA) is 97.3 Å². The maximum atomic E-state index is 12.6. The number of benzene rings is 1. The minimum atomic E-state index is -0.614. The van der Waals surface area contributed by atoms with Crippen LogP contribution in [-0.2, 0) is 9.53 Å². The van der Waals surface area contributed by atoms with E-state index < -0.39 is 18.2 Å². The number of carbonyl (C=O) groups is 2. The lowest BCUT2D eigenvalue weighted by atomic mass is 10.0. The number of hydrogen-bond donors (Lipinski definition) is 2. The van der Waals surface area contributed by atoms with E-state index in [4.69, 9.17) is 14.2 Å². The van der Waals surface area contributed by atoms with Crippen LogP contribution in [0, 0.1) is 0 Å². The third-order valence-corrected chi connectivity index (χ3v) is 5.48. The summed E-state index contributed by atoms with van der Waals surface area (Å²) in [5.41, 5.74) is 0.432. The molecule has 1 fully saturated rings. The van der Waals surface area contributed by atoms with Crippen molar-refractivity contribution in [1.82, 2.24) is 10.2 Å². The van der Waals surface area contributed by atoms with E-state index in [2.05, 4.69) is 5.32 Å². The summed E-state index contributed by atoms with van der Waals surface area (Å²) in [5.74, 6) is 0.904. The number of piperidine rings is 1. The molecule has 1 aromatic carbocycles. The van der Waals surface area contributed by atoms with Crippen LogP contribution in [-0.4, -0.2) is 66.6 Å². The lowest BCUT2D eigenvalue weighted by Gasteiger charge is -2.33. The number of ether oxygens (including phenoxy) is 3. The van der Waals surface area contributed by atoms with Crippen molar-refractivity contribution >= 4 is 11.8 Å². The number of rotatable bonds is 5. The monoisotopic (exact) mass is 402 g/mol. The zero-order chi connectivity index (χ0) is 20.2. The quantitative estimate of drug-likeness (QED) is 0.719. The molecule has 3 heterocycles. The van der Waals surface area contributed by atoms with Crippen molar-refractivity contribution in [2.75, 3.05) is 26.5 Å². The highest BCUT2D eigenvalue weighted by molar-refractivity contribution is 5.95. The largest absolute Gasteiger partial charge is 0.454 e. The molecule has 3 aliphatic heterocycles. The Kier molecular flexibility index (Phi) is 6.01. The van der Waals surface area contributed by atoms with Crippen molar-refractivity contribution in [1.29, 1.82) is 0 Å². The summed E-state index contributed by atoms with van der Waals surface area (Å²) in [6.45, 7) is 1.48. The molecule has 1 aromatic rings. The van der Waals surface area contributed by atoms with Gasteiger partial charge in [0.15, 0.2) is 11.5 Å². The van der Waals surface area contributed by atoms with Crippen LogP contribution in [0.4, 0.5) is 0 Å². The van der Waals surface area contributed by atoms with Gasteiger partial charge in [-0.1, -0.05) is 12.2 Å². The summed E-state index contributed by atoms with van der Waals surface area (Å²) in [7, 11) is 0. The van der Waals surface area contributed by atoms with E-state index in [0.29, 0.717) is 17.1 Å². The van der Waals surface area contributed by atoms with E-state index in [1.165, 1.54) is 6.42 Å². The molecule has 8 nitrogen and oxygen atoms in total. The molecule has 0 aromatic heterocycles. The first-order chi connectivity index (χ1) is 14.1. The SMILES string of the molecule is O=C(N[C@@H]1C=C[C@@H](CC(=O)N2CCCCC2)O[C@@H]1CO)c1ccc2c(c1)OCO2. The summed E-state index contributed by atoms with van der Waals surface area (Å²) in [6, 6.07) is 4.49. The van der Waals surface area contributed by atoms with E-state index in [-0.39, 0.29) is 31.6 Å². The fraction of sp³-hybridized carbons (Fsp3) is 0.524.